The van der Waals surface area contributed by atoms with E-state index in [4.69, 9.17) is 14.6 Å². The molecule has 0 aliphatic carbocycles. The van der Waals surface area contributed by atoms with Crippen molar-refractivity contribution in [1.29, 1.82) is 0 Å². The lowest BCUT2D eigenvalue weighted by atomic mass is 10.1. The van der Waals surface area contributed by atoms with Gasteiger partial charge in [-0.05, 0) is 44.5 Å². The number of nitrogens with zero attached hydrogens (tertiary/aromatic N) is 2. The third kappa shape index (κ3) is 5.23. The van der Waals surface area contributed by atoms with Crippen LogP contribution in [0.3, 0.4) is 0 Å². The van der Waals surface area contributed by atoms with E-state index in [1.54, 1.807) is 18.0 Å². The van der Waals surface area contributed by atoms with Crippen molar-refractivity contribution in [2.45, 2.75) is 26.4 Å². The van der Waals surface area contributed by atoms with Gasteiger partial charge in [-0.2, -0.15) is 5.10 Å². The van der Waals surface area contributed by atoms with Gasteiger partial charge in [-0.3, -0.25) is 4.79 Å². The highest BCUT2D eigenvalue weighted by atomic mass is 16.5. The standard InChI is InChI=1S/C23H27N3O3/c1-17(2)29-15-9-14-24-23(27)20-16-26(18-10-5-4-6-11-18)25-22(20)19-12-7-8-13-21(19)28-3/h4-8,10-13,16-17H,9,14-15H2,1-3H3,(H,24,27). The van der Waals surface area contributed by atoms with E-state index < -0.39 is 0 Å². The number of para-hydroxylation sites is 2. The molecule has 6 heteroatoms. The van der Waals surface area contributed by atoms with Gasteiger partial charge in [0.1, 0.15) is 11.4 Å². The minimum atomic E-state index is -0.169. The second-order valence-electron chi connectivity index (χ2n) is 6.90. The van der Waals surface area contributed by atoms with E-state index in [2.05, 4.69) is 5.32 Å². The van der Waals surface area contributed by atoms with Gasteiger partial charge in [0.05, 0.1) is 24.5 Å². The fourth-order valence-electron chi connectivity index (χ4n) is 2.98. The van der Waals surface area contributed by atoms with Crippen LogP contribution in [0.25, 0.3) is 16.9 Å². The van der Waals surface area contributed by atoms with E-state index in [-0.39, 0.29) is 12.0 Å². The lowest BCUT2D eigenvalue weighted by molar-refractivity contribution is 0.0757. The van der Waals surface area contributed by atoms with Crippen molar-refractivity contribution in [2.24, 2.45) is 0 Å². The summed E-state index contributed by atoms with van der Waals surface area (Å²) in [6, 6.07) is 17.3. The molecule has 0 saturated heterocycles. The Morgan fingerprint density at radius 1 is 1.10 bits per heavy atom. The Bertz CT molecular complexity index is 936. The fraction of sp³-hybridized carbons (Fsp3) is 0.304. The predicted octanol–water partition coefficient (Wildman–Crippen LogP) is 4.09. The van der Waals surface area contributed by atoms with Crippen molar-refractivity contribution < 1.29 is 14.3 Å². The summed E-state index contributed by atoms with van der Waals surface area (Å²) >= 11 is 0. The van der Waals surface area contributed by atoms with Crippen LogP contribution < -0.4 is 10.1 Å². The average molecular weight is 393 g/mol. The Balaban J connectivity index is 1.88. The van der Waals surface area contributed by atoms with E-state index >= 15 is 0 Å². The molecule has 0 aliphatic rings. The molecule has 0 saturated carbocycles. The predicted molar refractivity (Wildman–Crippen MR) is 114 cm³/mol. The first kappa shape index (κ1) is 20.6. The Morgan fingerprint density at radius 2 is 1.83 bits per heavy atom. The Kier molecular flexibility index (Phi) is 7.03. The molecule has 152 valence electrons. The summed E-state index contributed by atoms with van der Waals surface area (Å²) in [5.41, 5.74) is 2.75. The van der Waals surface area contributed by atoms with Crippen LogP contribution >= 0.6 is 0 Å². The fourth-order valence-corrected chi connectivity index (χ4v) is 2.98. The van der Waals surface area contributed by atoms with E-state index in [1.165, 1.54) is 0 Å². The Labute approximate surface area is 171 Å². The second kappa shape index (κ2) is 9.89. The molecule has 0 spiro atoms. The molecule has 0 fully saturated rings. The lowest BCUT2D eigenvalue weighted by Crippen LogP contribution is -2.25. The smallest absolute Gasteiger partial charge is 0.255 e. The molecule has 6 nitrogen and oxygen atoms in total. The van der Waals surface area contributed by atoms with Crippen molar-refractivity contribution in [3.63, 3.8) is 0 Å². The van der Waals surface area contributed by atoms with Crippen LogP contribution in [0.5, 0.6) is 5.75 Å². The highest BCUT2D eigenvalue weighted by Crippen LogP contribution is 2.31. The summed E-state index contributed by atoms with van der Waals surface area (Å²) in [7, 11) is 1.61. The number of rotatable bonds is 9. The molecule has 29 heavy (non-hydrogen) atoms. The van der Waals surface area contributed by atoms with Crippen LogP contribution in [0.2, 0.25) is 0 Å². The third-order valence-corrected chi connectivity index (χ3v) is 4.40. The summed E-state index contributed by atoms with van der Waals surface area (Å²) in [6.45, 7) is 5.14. The summed E-state index contributed by atoms with van der Waals surface area (Å²) in [4.78, 5) is 12.9. The minimum absolute atomic E-state index is 0.169. The van der Waals surface area contributed by atoms with Crippen LogP contribution in [0.4, 0.5) is 0 Å². The molecule has 1 heterocycles. The zero-order valence-electron chi connectivity index (χ0n) is 17.1. The average Bonchev–Trinajstić information content (AvgIpc) is 3.19. The van der Waals surface area contributed by atoms with Gasteiger partial charge in [0, 0.05) is 24.9 Å². The molecule has 2 aromatic carbocycles. The highest BCUT2D eigenvalue weighted by molar-refractivity contribution is 6.00. The van der Waals surface area contributed by atoms with Crippen LogP contribution in [0.15, 0.2) is 60.8 Å². The van der Waals surface area contributed by atoms with Gasteiger partial charge >= 0.3 is 0 Å². The number of carbonyl (C=O) groups excluding carboxylic acids is 1. The molecule has 0 aliphatic heterocycles. The third-order valence-electron chi connectivity index (χ3n) is 4.40. The monoisotopic (exact) mass is 393 g/mol. The zero-order chi connectivity index (χ0) is 20.6. The molecule has 0 atom stereocenters. The number of nitrogens with one attached hydrogen (secondary N) is 1. The first-order valence-electron chi connectivity index (χ1n) is 9.78. The van der Waals surface area contributed by atoms with Gasteiger partial charge in [-0.1, -0.05) is 30.3 Å². The largest absolute Gasteiger partial charge is 0.496 e. The first-order valence-corrected chi connectivity index (χ1v) is 9.78. The van der Waals surface area contributed by atoms with Gasteiger partial charge in [0.25, 0.3) is 5.91 Å². The number of ether oxygens (including phenoxy) is 2. The van der Waals surface area contributed by atoms with Crippen molar-refractivity contribution in [3.05, 3.63) is 66.4 Å². The van der Waals surface area contributed by atoms with Crippen molar-refractivity contribution in [3.8, 4) is 22.7 Å². The molecule has 1 N–H and O–H groups in total. The minimum Gasteiger partial charge on any atom is -0.496 e. The Morgan fingerprint density at radius 3 is 2.55 bits per heavy atom. The molecule has 1 amide bonds. The molecule has 1 aromatic heterocycles. The maximum atomic E-state index is 12.9. The maximum Gasteiger partial charge on any atom is 0.255 e. The molecule has 3 aromatic rings. The van der Waals surface area contributed by atoms with E-state index in [0.717, 1.165) is 17.7 Å². The summed E-state index contributed by atoms with van der Waals surface area (Å²) < 4.78 is 12.7. The maximum absolute atomic E-state index is 12.9. The van der Waals surface area contributed by atoms with Gasteiger partial charge < -0.3 is 14.8 Å². The normalized spacial score (nSPS) is 10.9. The summed E-state index contributed by atoms with van der Waals surface area (Å²) in [5.74, 6) is 0.503. The topological polar surface area (TPSA) is 65.4 Å². The zero-order valence-corrected chi connectivity index (χ0v) is 17.1. The van der Waals surface area contributed by atoms with Gasteiger partial charge in [0.15, 0.2) is 0 Å². The quantitative estimate of drug-likeness (QED) is 0.556. The number of methoxy groups -OCH3 is 1. The van der Waals surface area contributed by atoms with Crippen LogP contribution in [0, 0.1) is 0 Å². The van der Waals surface area contributed by atoms with Crippen molar-refractivity contribution >= 4 is 5.91 Å². The highest BCUT2D eigenvalue weighted by Gasteiger charge is 2.20. The summed E-state index contributed by atoms with van der Waals surface area (Å²) in [5, 5.41) is 7.67. The van der Waals surface area contributed by atoms with E-state index in [0.29, 0.717) is 30.2 Å². The first-order chi connectivity index (χ1) is 14.1. The number of hydrogen-bond acceptors (Lipinski definition) is 4. The van der Waals surface area contributed by atoms with Gasteiger partial charge in [0.2, 0.25) is 0 Å². The van der Waals surface area contributed by atoms with Crippen LogP contribution in [0.1, 0.15) is 30.6 Å². The number of aromatic nitrogens is 2. The molecular weight excluding hydrogens is 366 g/mol. The Hall–Kier alpha value is -3.12. The number of amides is 1. The second-order valence-corrected chi connectivity index (χ2v) is 6.90. The van der Waals surface area contributed by atoms with Crippen LogP contribution in [-0.4, -0.2) is 42.1 Å². The van der Waals surface area contributed by atoms with E-state index in [1.807, 2.05) is 68.4 Å². The lowest BCUT2D eigenvalue weighted by Gasteiger charge is -2.09. The number of benzene rings is 2. The van der Waals surface area contributed by atoms with E-state index in [9.17, 15) is 4.79 Å². The van der Waals surface area contributed by atoms with Crippen molar-refractivity contribution in [1.82, 2.24) is 15.1 Å². The summed E-state index contributed by atoms with van der Waals surface area (Å²) in [6.07, 6.45) is 2.70. The van der Waals surface area contributed by atoms with Crippen molar-refractivity contribution in [2.75, 3.05) is 20.3 Å². The molecular formula is C23H27N3O3. The molecule has 0 unspecified atom stereocenters. The van der Waals surface area contributed by atoms with Crippen LogP contribution in [-0.2, 0) is 4.74 Å². The molecule has 3 rings (SSSR count). The molecule has 0 bridgehead atoms. The van der Waals surface area contributed by atoms with Gasteiger partial charge in [-0.15, -0.1) is 0 Å². The van der Waals surface area contributed by atoms with Gasteiger partial charge in [-0.25, -0.2) is 4.68 Å². The molecule has 0 radical (unpaired) electrons. The number of hydrogen-bond donors (Lipinski definition) is 1. The SMILES string of the molecule is COc1ccccc1-c1nn(-c2ccccc2)cc1C(=O)NCCCOC(C)C. The number of carbonyl (C=O) groups is 1.